The average molecular weight is 684 g/mol. The molecule has 250 valence electrons. The van der Waals surface area contributed by atoms with Crippen LogP contribution in [0.5, 0.6) is 0 Å². The molecule has 0 spiro atoms. The molecule has 3 aromatic carbocycles. The van der Waals surface area contributed by atoms with E-state index in [4.69, 9.17) is 12.7 Å². The standard InChI is InChI=1S/C36H44FN3O5SSi/c1-23(2)47(24(3)4,25(5)6)45-34(41)19-18-30-31-21-32-26(22-38-40(32)46(43,44)29-12-10-9-11-13-29)20-33(31)39(35(30)36(7,8)42)28-16-14-27(37)15-17-28/h9-17,20-25,42H,18-19H2,1-8H3/i7D3,8D3. The van der Waals surface area contributed by atoms with Crippen molar-refractivity contribution in [1.82, 2.24) is 13.8 Å². The van der Waals surface area contributed by atoms with Crippen molar-refractivity contribution >= 4 is 46.1 Å². The normalized spacial score (nSPS) is 15.5. The van der Waals surface area contributed by atoms with Crippen molar-refractivity contribution in [2.75, 3.05) is 0 Å². The summed E-state index contributed by atoms with van der Waals surface area (Å²) >= 11 is 0. The summed E-state index contributed by atoms with van der Waals surface area (Å²) in [5.41, 5.74) is -3.60. The van der Waals surface area contributed by atoms with E-state index in [1.807, 2.05) is 41.5 Å². The first-order valence-corrected chi connectivity index (χ1v) is 19.1. The molecule has 5 rings (SSSR count). The van der Waals surface area contributed by atoms with Crippen molar-refractivity contribution in [1.29, 1.82) is 0 Å². The topological polar surface area (TPSA) is 103 Å². The van der Waals surface area contributed by atoms with E-state index < -0.39 is 55.1 Å². The van der Waals surface area contributed by atoms with Crippen molar-refractivity contribution in [3.63, 3.8) is 0 Å². The van der Waals surface area contributed by atoms with Gasteiger partial charge in [0.05, 0.1) is 33.4 Å². The Balaban J connectivity index is 1.86. The Hall–Kier alpha value is -3.80. The number of aryl methyl sites for hydroxylation is 1. The summed E-state index contributed by atoms with van der Waals surface area (Å²) in [7, 11) is -6.98. The second kappa shape index (κ2) is 12.7. The van der Waals surface area contributed by atoms with Crippen LogP contribution < -0.4 is 0 Å². The molecule has 0 atom stereocenters. The van der Waals surface area contributed by atoms with Gasteiger partial charge >= 0.3 is 0 Å². The summed E-state index contributed by atoms with van der Waals surface area (Å²) in [6, 6.07) is 15.3. The zero-order valence-electron chi connectivity index (χ0n) is 33.3. The minimum absolute atomic E-state index is 0.0336. The highest BCUT2D eigenvalue weighted by Gasteiger charge is 2.48. The number of hydrogen-bond acceptors (Lipinski definition) is 6. The van der Waals surface area contributed by atoms with E-state index in [1.54, 1.807) is 18.2 Å². The fourth-order valence-corrected chi connectivity index (χ4v) is 13.5. The first-order valence-electron chi connectivity index (χ1n) is 18.6. The van der Waals surface area contributed by atoms with Crippen molar-refractivity contribution in [3.05, 3.63) is 90.0 Å². The van der Waals surface area contributed by atoms with E-state index in [0.29, 0.717) is 0 Å². The Morgan fingerprint density at radius 2 is 1.60 bits per heavy atom. The van der Waals surface area contributed by atoms with Gasteiger partial charge in [-0.2, -0.15) is 17.6 Å². The van der Waals surface area contributed by atoms with Crippen LogP contribution in [0.3, 0.4) is 0 Å². The Bertz CT molecular complexity index is 2220. The number of aliphatic hydroxyl groups is 1. The third-order valence-corrected chi connectivity index (χ3v) is 16.6. The molecule has 2 heterocycles. The van der Waals surface area contributed by atoms with E-state index in [1.165, 1.54) is 47.2 Å². The van der Waals surface area contributed by atoms with Gasteiger partial charge in [-0.25, -0.2) is 4.39 Å². The summed E-state index contributed by atoms with van der Waals surface area (Å²) in [6.07, 6.45) is 0.674. The second-order valence-corrected chi connectivity index (χ2v) is 20.0. The summed E-state index contributed by atoms with van der Waals surface area (Å²) < 4.78 is 101. The minimum Gasteiger partial charge on any atom is -0.518 e. The van der Waals surface area contributed by atoms with Crippen LogP contribution in [-0.2, 0) is 31.3 Å². The number of hydrogen-bond donors (Lipinski definition) is 1. The third kappa shape index (κ3) is 6.16. The van der Waals surface area contributed by atoms with Gasteiger partial charge in [-0.3, -0.25) is 4.79 Å². The Labute approximate surface area is 285 Å². The highest BCUT2D eigenvalue weighted by molar-refractivity contribution is 7.90. The van der Waals surface area contributed by atoms with E-state index >= 15 is 0 Å². The van der Waals surface area contributed by atoms with Crippen LogP contribution in [0.2, 0.25) is 16.6 Å². The minimum atomic E-state index is -4.25. The van der Waals surface area contributed by atoms with Crippen LogP contribution >= 0.6 is 0 Å². The highest BCUT2D eigenvalue weighted by atomic mass is 32.2. The van der Waals surface area contributed by atoms with Gasteiger partial charge in [0.25, 0.3) is 24.3 Å². The molecule has 0 amide bonds. The maximum atomic E-state index is 14.3. The van der Waals surface area contributed by atoms with Gasteiger partial charge in [-0.15, -0.1) is 0 Å². The molecule has 47 heavy (non-hydrogen) atoms. The summed E-state index contributed by atoms with van der Waals surface area (Å²) in [4.78, 5) is 13.8. The predicted octanol–water partition coefficient (Wildman–Crippen LogP) is 8.24. The fourth-order valence-electron chi connectivity index (χ4n) is 7.05. The van der Waals surface area contributed by atoms with E-state index in [2.05, 4.69) is 5.10 Å². The van der Waals surface area contributed by atoms with Crippen molar-refractivity contribution in [2.24, 2.45) is 0 Å². The fraction of sp³-hybridized carbons (Fsp3) is 0.389. The number of benzene rings is 3. The molecule has 1 N–H and O–H groups in total. The molecule has 0 aliphatic rings. The number of carbonyl (C=O) groups excluding carboxylic acids is 1. The SMILES string of the molecule is [2H]C([2H])([2H])C(O)(c1c(CCC(=O)O[Si](C(C)C)(C(C)C)C(C)C)c2cc3c(cnn3S(=O)(=O)c3ccccc3)cc2n1-c1ccc(F)cc1)C([2H])([2H])[2H]. The predicted molar refractivity (Wildman–Crippen MR) is 186 cm³/mol. The molecule has 0 saturated heterocycles. The van der Waals surface area contributed by atoms with Crippen molar-refractivity contribution in [2.45, 2.75) is 95.2 Å². The molecular weight excluding hydrogens is 634 g/mol. The molecule has 5 aromatic rings. The second-order valence-electron chi connectivity index (χ2n) is 12.9. The quantitative estimate of drug-likeness (QED) is 0.141. The molecule has 0 bridgehead atoms. The summed E-state index contributed by atoms with van der Waals surface area (Å²) in [5.74, 6) is -1.20. The zero-order valence-corrected chi connectivity index (χ0v) is 29.1. The average Bonchev–Trinajstić information content (AvgIpc) is 3.63. The van der Waals surface area contributed by atoms with E-state index in [9.17, 15) is 22.7 Å². The number of halogens is 1. The zero-order chi connectivity index (χ0) is 39.5. The Kier molecular flexibility index (Phi) is 7.32. The van der Waals surface area contributed by atoms with Crippen LogP contribution in [0.4, 0.5) is 4.39 Å². The lowest BCUT2D eigenvalue weighted by Gasteiger charge is -2.41. The molecule has 0 aliphatic heterocycles. The molecule has 2 aromatic heterocycles. The van der Waals surface area contributed by atoms with Gasteiger partial charge < -0.3 is 14.1 Å². The van der Waals surface area contributed by atoms with Crippen LogP contribution in [0.15, 0.2) is 77.8 Å². The maximum Gasteiger partial charge on any atom is 0.292 e. The van der Waals surface area contributed by atoms with Gasteiger partial charge in [0.1, 0.15) is 5.82 Å². The van der Waals surface area contributed by atoms with Gasteiger partial charge in [0.2, 0.25) is 0 Å². The van der Waals surface area contributed by atoms with Crippen LogP contribution in [0.25, 0.3) is 27.5 Å². The maximum absolute atomic E-state index is 14.3. The monoisotopic (exact) mass is 683 g/mol. The number of nitrogens with zero attached hydrogens (tertiary/aromatic N) is 3. The smallest absolute Gasteiger partial charge is 0.292 e. The molecule has 0 fully saturated rings. The van der Waals surface area contributed by atoms with Gasteiger partial charge in [0.15, 0.2) is 0 Å². The Morgan fingerprint density at radius 3 is 2.17 bits per heavy atom. The lowest BCUT2D eigenvalue weighted by atomic mass is 9.96. The highest BCUT2D eigenvalue weighted by Crippen LogP contribution is 2.43. The van der Waals surface area contributed by atoms with E-state index in [0.717, 1.165) is 16.2 Å². The number of aromatic nitrogens is 3. The number of carbonyl (C=O) groups is 1. The summed E-state index contributed by atoms with van der Waals surface area (Å²) in [5, 5.41) is 16.8. The molecule has 0 saturated carbocycles. The Morgan fingerprint density at radius 1 is 0.979 bits per heavy atom. The van der Waals surface area contributed by atoms with E-state index in [-0.39, 0.29) is 67.4 Å². The van der Waals surface area contributed by atoms with Crippen LogP contribution in [0.1, 0.15) is 81.1 Å². The number of fused-ring (bicyclic) bond motifs is 2. The number of rotatable bonds is 11. The lowest BCUT2D eigenvalue weighted by Crippen LogP contribution is -2.49. The van der Waals surface area contributed by atoms with Crippen LogP contribution in [-0.4, -0.2) is 41.6 Å². The molecule has 11 heteroatoms. The molecule has 0 radical (unpaired) electrons. The van der Waals surface area contributed by atoms with Crippen molar-refractivity contribution < 1.29 is 35.4 Å². The molecule has 8 nitrogen and oxygen atoms in total. The van der Waals surface area contributed by atoms with Gasteiger partial charge in [-0.1, -0.05) is 59.7 Å². The lowest BCUT2D eigenvalue weighted by molar-refractivity contribution is -0.135. The van der Waals surface area contributed by atoms with Crippen molar-refractivity contribution in [3.8, 4) is 5.69 Å². The largest absolute Gasteiger partial charge is 0.518 e. The molecule has 0 unspecified atom stereocenters. The molecule has 0 aliphatic carbocycles. The summed E-state index contributed by atoms with van der Waals surface area (Å²) in [6.45, 7) is 4.97. The van der Waals surface area contributed by atoms with Gasteiger partial charge in [0, 0.05) is 31.1 Å². The first-order chi connectivity index (χ1) is 24.5. The van der Waals surface area contributed by atoms with Crippen LogP contribution in [0, 0.1) is 5.82 Å². The van der Waals surface area contributed by atoms with Gasteiger partial charge in [-0.05, 0) is 90.8 Å². The molecular formula is C36H44FN3O5SSi. The first kappa shape index (κ1) is 27.2. The third-order valence-electron chi connectivity index (χ3n) is 9.00.